The zero-order valence-electron chi connectivity index (χ0n) is 11.4. The van der Waals surface area contributed by atoms with E-state index in [1.807, 2.05) is 32.9 Å². The molecule has 0 bridgehead atoms. The number of anilines is 1. The molecule has 3 heteroatoms. The van der Waals surface area contributed by atoms with Gasteiger partial charge in [-0.05, 0) is 56.9 Å². The summed E-state index contributed by atoms with van der Waals surface area (Å²) >= 11 is 0. The van der Waals surface area contributed by atoms with Gasteiger partial charge in [0.25, 0.3) is 0 Å². The second-order valence-electron chi connectivity index (χ2n) is 5.75. The highest BCUT2D eigenvalue weighted by molar-refractivity contribution is 5.96. The summed E-state index contributed by atoms with van der Waals surface area (Å²) in [5, 5.41) is 3.02. The second-order valence-corrected chi connectivity index (χ2v) is 5.75. The lowest BCUT2D eigenvalue weighted by molar-refractivity contribution is -0.125. The summed E-state index contributed by atoms with van der Waals surface area (Å²) in [4.78, 5) is 12.4. The number of aryl methyl sites for hydroxylation is 2. The van der Waals surface area contributed by atoms with E-state index in [1.165, 1.54) is 0 Å². The van der Waals surface area contributed by atoms with Crippen molar-refractivity contribution in [2.24, 2.45) is 11.1 Å². The molecule has 2 rings (SSSR count). The first kappa shape index (κ1) is 13.1. The maximum atomic E-state index is 12.4. The van der Waals surface area contributed by atoms with Crippen molar-refractivity contribution in [3.8, 4) is 0 Å². The molecule has 2 atom stereocenters. The SMILES string of the molecule is Cc1cc(C)cc(NC(=O)C2(C)CCCC2N)c1. The van der Waals surface area contributed by atoms with Crippen LogP contribution in [0.1, 0.15) is 37.3 Å². The number of benzene rings is 1. The van der Waals surface area contributed by atoms with Gasteiger partial charge in [-0.25, -0.2) is 0 Å². The number of hydrogen-bond donors (Lipinski definition) is 2. The van der Waals surface area contributed by atoms with Crippen LogP contribution in [0.2, 0.25) is 0 Å². The minimum absolute atomic E-state index is 0.0246. The van der Waals surface area contributed by atoms with E-state index in [0.717, 1.165) is 36.1 Å². The highest BCUT2D eigenvalue weighted by Gasteiger charge is 2.42. The molecule has 98 valence electrons. The monoisotopic (exact) mass is 246 g/mol. The van der Waals surface area contributed by atoms with Gasteiger partial charge < -0.3 is 11.1 Å². The Morgan fingerprint density at radius 2 is 1.94 bits per heavy atom. The fourth-order valence-electron chi connectivity index (χ4n) is 2.80. The molecule has 0 radical (unpaired) electrons. The number of nitrogens with one attached hydrogen (secondary N) is 1. The van der Waals surface area contributed by atoms with Crippen LogP contribution >= 0.6 is 0 Å². The molecule has 2 unspecified atom stereocenters. The van der Waals surface area contributed by atoms with Gasteiger partial charge in [-0.15, -0.1) is 0 Å². The maximum Gasteiger partial charge on any atom is 0.231 e. The number of carbonyl (C=O) groups excluding carboxylic acids is 1. The van der Waals surface area contributed by atoms with E-state index >= 15 is 0 Å². The predicted octanol–water partition coefficient (Wildman–Crippen LogP) is 2.76. The van der Waals surface area contributed by atoms with Crippen molar-refractivity contribution >= 4 is 11.6 Å². The van der Waals surface area contributed by atoms with Crippen molar-refractivity contribution in [1.82, 2.24) is 0 Å². The first-order valence-electron chi connectivity index (χ1n) is 6.57. The molecule has 0 heterocycles. The Morgan fingerprint density at radius 3 is 2.44 bits per heavy atom. The van der Waals surface area contributed by atoms with Gasteiger partial charge in [0, 0.05) is 11.7 Å². The molecular weight excluding hydrogens is 224 g/mol. The Bertz CT molecular complexity index is 449. The summed E-state index contributed by atoms with van der Waals surface area (Å²) in [6.07, 6.45) is 2.86. The van der Waals surface area contributed by atoms with Gasteiger partial charge in [0.1, 0.15) is 0 Å². The molecule has 0 aliphatic heterocycles. The summed E-state index contributed by atoms with van der Waals surface area (Å²) in [6, 6.07) is 6.06. The molecular formula is C15H22N2O. The predicted molar refractivity (Wildman–Crippen MR) is 74.5 cm³/mol. The minimum Gasteiger partial charge on any atom is -0.327 e. The fourth-order valence-corrected chi connectivity index (χ4v) is 2.80. The average molecular weight is 246 g/mol. The molecule has 1 aromatic rings. The van der Waals surface area contributed by atoms with Crippen molar-refractivity contribution in [3.63, 3.8) is 0 Å². The van der Waals surface area contributed by atoms with Crippen molar-refractivity contribution in [2.75, 3.05) is 5.32 Å². The van der Waals surface area contributed by atoms with Crippen LogP contribution in [0.5, 0.6) is 0 Å². The first-order valence-corrected chi connectivity index (χ1v) is 6.57. The third-order valence-corrected chi connectivity index (χ3v) is 4.03. The summed E-state index contributed by atoms with van der Waals surface area (Å²) in [5.41, 5.74) is 8.84. The molecule has 0 spiro atoms. The van der Waals surface area contributed by atoms with E-state index in [9.17, 15) is 4.79 Å². The third kappa shape index (κ3) is 2.41. The Hall–Kier alpha value is -1.35. The Morgan fingerprint density at radius 1 is 1.33 bits per heavy atom. The van der Waals surface area contributed by atoms with E-state index in [1.54, 1.807) is 0 Å². The van der Waals surface area contributed by atoms with Gasteiger partial charge in [0.15, 0.2) is 0 Å². The maximum absolute atomic E-state index is 12.4. The van der Waals surface area contributed by atoms with Crippen LogP contribution in [0, 0.1) is 19.3 Å². The van der Waals surface area contributed by atoms with Crippen molar-refractivity contribution in [1.29, 1.82) is 0 Å². The Labute approximate surface area is 109 Å². The molecule has 0 aromatic heterocycles. The number of hydrogen-bond acceptors (Lipinski definition) is 2. The zero-order valence-corrected chi connectivity index (χ0v) is 11.4. The highest BCUT2D eigenvalue weighted by atomic mass is 16.2. The van der Waals surface area contributed by atoms with E-state index in [2.05, 4.69) is 11.4 Å². The molecule has 3 N–H and O–H groups in total. The summed E-state index contributed by atoms with van der Waals surface area (Å²) in [5.74, 6) is 0.0532. The van der Waals surface area contributed by atoms with Gasteiger partial charge in [-0.3, -0.25) is 4.79 Å². The molecule has 1 saturated carbocycles. The first-order chi connectivity index (χ1) is 8.41. The lowest BCUT2D eigenvalue weighted by atomic mass is 9.84. The van der Waals surface area contributed by atoms with Crippen LogP contribution in [0.3, 0.4) is 0 Å². The smallest absolute Gasteiger partial charge is 0.231 e. The van der Waals surface area contributed by atoms with Crippen LogP contribution in [0.25, 0.3) is 0 Å². The number of amides is 1. The average Bonchev–Trinajstić information content (AvgIpc) is 2.59. The van der Waals surface area contributed by atoms with Gasteiger partial charge in [0.2, 0.25) is 5.91 Å². The zero-order chi connectivity index (χ0) is 13.3. The minimum atomic E-state index is -0.419. The van der Waals surface area contributed by atoms with Crippen molar-refractivity contribution in [2.45, 2.75) is 46.1 Å². The van der Waals surface area contributed by atoms with Crippen LogP contribution in [0.15, 0.2) is 18.2 Å². The molecule has 1 aromatic carbocycles. The molecule has 1 fully saturated rings. The standard InChI is InChI=1S/C15H22N2O/c1-10-7-11(2)9-12(8-10)17-14(18)15(3)6-4-5-13(15)16/h7-9,13H,4-6,16H2,1-3H3,(H,17,18). The molecule has 1 aliphatic rings. The molecule has 1 amide bonds. The molecule has 1 aliphatic carbocycles. The van der Waals surface area contributed by atoms with Gasteiger partial charge in [0.05, 0.1) is 5.41 Å². The van der Waals surface area contributed by atoms with Crippen LogP contribution in [-0.4, -0.2) is 11.9 Å². The topological polar surface area (TPSA) is 55.1 Å². The van der Waals surface area contributed by atoms with Crippen molar-refractivity contribution < 1.29 is 4.79 Å². The molecule has 18 heavy (non-hydrogen) atoms. The Kier molecular flexibility index (Phi) is 3.44. The highest BCUT2D eigenvalue weighted by Crippen LogP contribution is 2.37. The van der Waals surface area contributed by atoms with Gasteiger partial charge >= 0.3 is 0 Å². The number of carbonyl (C=O) groups is 1. The molecule has 0 saturated heterocycles. The normalized spacial score (nSPS) is 27.2. The van der Waals surface area contributed by atoms with Crippen LogP contribution < -0.4 is 11.1 Å². The largest absolute Gasteiger partial charge is 0.327 e. The van der Waals surface area contributed by atoms with Crippen LogP contribution in [0.4, 0.5) is 5.69 Å². The van der Waals surface area contributed by atoms with E-state index < -0.39 is 5.41 Å². The Balaban J connectivity index is 2.16. The number of nitrogens with two attached hydrogens (primary N) is 1. The fraction of sp³-hybridized carbons (Fsp3) is 0.533. The van der Waals surface area contributed by atoms with Gasteiger partial charge in [-0.1, -0.05) is 12.5 Å². The van der Waals surface area contributed by atoms with E-state index in [4.69, 9.17) is 5.73 Å². The van der Waals surface area contributed by atoms with Gasteiger partial charge in [-0.2, -0.15) is 0 Å². The van der Waals surface area contributed by atoms with E-state index in [-0.39, 0.29) is 11.9 Å². The lowest BCUT2D eigenvalue weighted by Gasteiger charge is -2.27. The number of rotatable bonds is 2. The lowest BCUT2D eigenvalue weighted by Crippen LogP contribution is -2.44. The summed E-state index contributed by atoms with van der Waals surface area (Å²) in [7, 11) is 0. The second kappa shape index (κ2) is 4.73. The quantitative estimate of drug-likeness (QED) is 0.843. The summed E-state index contributed by atoms with van der Waals surface area (Å²) < 4.78 is 0. The third-order valence-electron chi connectivity index (χ3n) is 4.03. The van der Waals surface area contributed by atoms with E-state index in [0.29, 0.717) is 0 Å². The molecule has 3 nitrogen and oxygen atoms in total. The van der Waals surface area contributed by atoms with Crippen molar-refractivity contribution in [3.05, 3.63) is 29.3 Å². The summed E-state index contributed by atoms with van der Waals surface area (Å²) in [6.45, 7) is 6.04. The van der Waals surface area contributed by atoms with Crippen LogP contribution in [-0.2, 0) is 4.79 Å².